The Morgan fingerprint density at radius 1 is 0.974 bits per heavy atom. The van der Waals surface area contributed by atoms with Crippen molar-refractivity contribution in [2.24, 2.45) is 11.8 Å². The second kappa shape index (κ2) is 22.9. The molecular formula is C59H66F2N10O6S. The highest BCUT2D eigenvalue weighted by atomic mass is 32.1. The number of likely N-dealkylation sites (tertiary alicyclic amines) is 2. The number of piperidine rings is 1. The number of phenols is 1. The van der Waals surface area contributed by atoms with Crippen LogP contribution in [0.2, 0.25) is 0 Å². The molecule has 19 heteroatoms. The number of aryl methyl sites for hydroxylation is 1. The third-order valence-electron chi connectivity index (χ3n) is 16.3. The SMILES string of the molecule is C#Cc1c(F)ccc2cc(O)cc(-c3ncc4c(N5CC6CCC(C5)N6)nc(OCCN5CCC(CCOc6cc([C@@H](C(C)C)C(O)N7CCC[C@H]7C(=O)N[C@@H](C)c7ccc(-c8scnc8C)cc7)on6)CC5)nc4c3F)c12. The molecule has 0 aliphatic carbocycles. The zero-order chi connectivity index (χ0) is 54.2. The summed E-state index contributed by atoms with van der Waals surface area (Å²) in [5.74, 6) is 2.16. The summed E-state index contributed by atoms with van der Waals surface area (Å²) in [6, 6.07) is 15.4. The summed E-state index contributed by atoms with van der Waals surface area (Å²) in [7, 11) is 0. The van der Waals surface area contributed by atoms with Gasteiger partial charge in [0.1, 0.15) is 47.2 Å². The van der Waals surface area contributed by atoms with Crippen LogP contribution in [0.3, 0.4) is 0 Å². The number of aliphatic hydroxyl groups excluding tert-OH is 1. The van der Waals surface area contributed by atoms with Crippen molar-refractivity contribution in [3.8, 4) is 51.7 Å². The van der Waals surface area contributed by atoms with Crippen LogP contribution in [-0.4, -0.2) is 128 Å². The van der Waals surface area contributed by atoms with Crippen molar-refractivity contribution in [3.63, 3.8) is 0 Å². The first-order valence-electron chi connectivity index (χ1n) is 27.3. The highest BCUT2D eigenvalue weighted by molar-refractivity contribution is 7.13. The van der Waals surface area contributed by atoms with Gasteiger partial charge in [0.2, 0.25) is 5.91 Å². The number of aromatic nitrogens is 5. The maximum absolute atomic E-state index is 17.0. The van der Waals surface area contributed by atoms with E-state index < -0.39 is 29.8 Å². The van der Waals surface area contributed by atoms with Gasteiger partial charge in [-0.15, -0.1) is 17.8 Å². The molecule has 0 spiro atoms. The minimum Gasteiger partial charge on any atom is -0.508 e. The van der Waals surface area contributed by atoms with Crippen molar-refractivity contribution in [2.75, 3.05) is 57.4 Å². The number of nitrogens with zero attached hydrogens (tertiary/aromatic N) is 8. The van der Waals surface area contributed by atoms with Gasteiger partial charge in [0.15, 0.2) is 5.82 Å². The lowest BCUT2D eigenvalue weighted by atomic mass is 9.90. The number of pyridine rings is 1. The number of amides is 1. The number of fused-ring (bicyclic) bond motifs is 4. The van der Waals surface area contributed by atoms with Gasteiger partial charge in [0.25, 0.3) is 5.88 Å². The first-order valence-corrected chi connectivity index (χ1v) is 28.2. The van der Waals surface area contributed by atoms with E-state index in [1.165, 1.54) is 30.5 Å². The Balaban J connectivity index is 0.682. The summed E-state index contributed by atoms with van der Waals surface area (Å²) < 4.78 is 50.3. The number of nitrogens with one attached hydrogen (secondary N) is 2. The molecule has 16 nitrogen and oxygen atoms in total. The average Bonchev–Trinajstić information content (AvgIpc) is 4.33. The van der Waals surface area contributed by atoms with E-state index in [2.05, 4.69) is 58.6 Å². The third kappa shape index (κ3) is 11.0. The van der Waals surface area contributed by atoms with E-state index >= 15 is 8.78 Å². The maximum atomic E-state index is 17.0. The molecule has 4 aromatic heterocycles. The van der Waals surface area contributed by atoms with Crippen LogP contribution in [0.25, 0.3) is 43.4 Å². The van der Waals surface area contributed by atoms with Gasteiger partial charge in [-0.2, -0.15) is 9.97 Å². The number of thiazole rings is 1. The molecule has 4 saturated heterocycles. The number of aromatic hydroxyl groups is 1. The minimum atomic E-state index is -0.966. The van der Waals surface area contributed by atoms with E-state index in [0.29, 0.717) is 73.4 Å². The normalized spacial score (nSPS) is 20.3. The highest BCUT2D eigenvalue weighted by Gasteiger charge is 2.41. The number of phenolic OH excluding ortho intramolecular Hbond substituents is 1. The van der Waals surface area contributed by atoms with Crippen LogP contribution in [0.15, 0.2) is 70.8 Å². The predicted molar refractivity (Wildman–Crippen MR) is 295 cm³/mol. The highest BCUT2D eigenvalue weighted by Crippen LogP contribution is 2.40. The number of aliphatic hydroxyl groups is 1. The zero-order valence-electron chi connectivity index (χ0n) is 44.4. The Morgan fingerprint density at radius 3 is 2.49 bits per heavy atom. The Hall–Kier alpha value is -6.82. The largest absolute Gasteiger partial charge is 0.508 e. The quantitative estimate of drug-likeness (QED) is 0.0596. The van der Waals surface area contributed by atoms with Crippen LogP contribution in [0.4, 0.5) is 14.6 Å². The van der Waals surface area contributed by atoms with Gasteiger partial charge in [-0.25, -0.2) is 13.8 Å². The number of terminal acetylenes is 1. The first kappa shape index (κ1) is 53.2. The molecule has 3 unspecified atom stereocenters. The molecule has 6 atom stereocenters. The summed E-state index contributed by atoms with van der Waals surface area (Å²) in [5, 5.41) is 34.8. The van der Waals surface area contributed by atoms with E-state index in [-0.39, 0.29) is 76.0 Å². The lowest BCUT2D eigenvalue weighted by Gasteiger charge is -2.35. The molecule has 4 aliphatic heterocycles. The van der Waals surface area contributed by atoms with Crippen LogP contribution in [0, 0.1) is 42.7 Å². The molecule has 0 radical (unpaired) electrons. The van der Waals surface area contributed by atoms with Gasteiger partial charge in [0.05, 0.1) is 51.6 Å². The Kier molecular flexibility index (Phi) is 15.6. The number of benzene rings is 3. The summed E-state index contributed by atoms with van der Waals surface area (Å²) in [4.78, 5) is 39.7. The summed E-state index contributed by atoms with van der Waals surface area (Å²) in [6.45, 7) is 13.1. The molecule has 4 fully saturated rings. The summed E-state index contributed by atoms with van der Waals surface area (Å²) in [5.41, 5.74) is 4.93. The van der Waals surface area contributed by atoms with Crippen LogP contribution in [-0.2, 0) is 4.79 Å². The van der Waals surface area contributed by atoms with Crippen molar-refractivity contribution in [2.45, 2.75) is 109 Å². The number of carbonyl (C=O) groups is 1. The van der Waals surface area contributed by atoms with Crippen molar-refractivity contribution in [3.05, 3.63) is 101 Å². The van der Waals surface area contributed by atoms with Crippen molar-refractivity contribution in [1.29, 1.82) is 0 Å². The number of anilines is 1. The molecule has 11 rings (SSSR count). The lowest BCUT2D eigenvalue weighted by molar-refractivity contribution is -0.131. The molecule has 1 amide bonds. The standard InChI is InChI=1S/C59H66F2N10O6S/c1-6-43-46(60)16-13-39-26-42(72)27-44(51(39)43)53-52(61)54-45(29-62-53)56(70-30-40-14-15-41(31-70)65-40)67-59(66-54)76-25-23-69-21-17-36(18-22-69)19-24-75-49-28-48(77-68-49)50(33(2)3)58(74)71-20-7-8-47(71)57(73)64-34(4)37-9-11-38(12-10-37)55-35(5)63-32-78-55/h1,9-13,16,26-29,32-34,36,40-41,47,50,58,65,72,74H,7-8,14-15,17-25,30-31H2,2-5H3,(H,64,73)/t34-,40?,41?,47-,50+,58?/m0/s1. The van der Waals surface area contributed by atoms with E-state index in [4.69, 9.17) is 25.4 Å². The number of piperazine rings is 1. The van der Waals surface area contributed by atoms with Gasteiger partial charge in [-0.05, 0) is 124 Å². The van der Waals surface area contributed by atoms with Crippen molar-refractivity contribution >= 4 is 44.7 Å². The molecule has 2 bridgehead atoms. The molecule has 7 aromatic rings. The maximum Gasteiger partial charge on any atom is 0.319 e. The number of hydrogen-bond acceptors (Lipinski definition) is 16. The second-order valence-corrected chi connectivity index (χ2v) is 22.6. The van der Waals surface area contributed by atoms with Crippen LogP contribution >= 0.6 is 11.3 Å². The van der Waals surface area contributed by atoms with Crippen molar-refractivity contribution in [1.82, 2.24) is 45.5 Å². The fraction of sp³-hybridized carbons (Fsp3) is 0.458. The molecule has 4 N–H and O–H groups in total. The molecule has 4 aliphatic rings. The number of halogens is 2. The van der Waals surface area contributed by atoms with Gasteiger partial charge in [0, 0.05) is 61.5 Å². The van der Waals surface area contributed by atoms with E-state index in [1.807, 2.05) is 50.2 Å². The summed E-state index contributed by atoms with van der Waals surface area (Å²) in [6.07, 6.45) is 12.6. The average molecular weight is 1080 g/mol. The second-order valence-electron chi connectivity index (χ2n) is 21.8. The number of hydrogen-bond donors (Lipinski definition) is 4. The first-order chi connectivity index (χ1) is 37.8. The number of rotatable bonds is 18. The topological polar surface area (TPSA) is 187 Å². The third-order valence-corrected chi connectivity index (χ3v) is 17.3. The summed E-state index contributed by atoms with van der Waals surface area (Å²) >= 11 is 1.61. The zero-order valence-corrected chi connectivity index (χ0v) is 45.2. The van der Waals surface area contributed by atoms with Crippen LogP contribution in [0.5, 0.6) is 17.6 Å². The van der Waals surface area contributed by atoms with E-state index in [1.54, 1.807) is 17.4 Å². The Labute approximate surface area is 456 Å². The Morgan fingerprint density at radius 2 is 1.76 bits per heavy atom. The fourth-order valence-electron chi connectivity index (χ4n) is 12.1. The Bertz CT molecular complexity index is 3330. The lowest BCUT2D eigenvalue weighted by Crippen LogP contribution is -2.51. The monoisotopic (exact) mass is 1080 g/mol. The van der Waals surface area contributed by atoms with Gasteiger partial charge >= 0.3 is 6.01 Å². The molecular weight excluding hydrogens is 1010 g/mol. The molecule has 0 saturated carbocycles. The smallest absolute Gasteiger partial charge is 0.319 e. The van der Waals surface area contributed by atoms with Crippen molar-refractivity contribution < 1.29 is 37.8 Å². The van der Waals surface area contributed by atoms with Crippen LogP contribution in [0.1, 0.15) is 100 Å². The van der Waals surface area contributed by atoms with Gasteiger partial charge in [-0.3, -0.25) is 19.6 Å². The number of ether oxygens (including phenoxy) is 2. The van der Waals surface area contributed by atoms with E-state index in [0.717, 1.165) is 73.3 Å². The number of carbonyl (C=O) groups excluding carboxylic acids is 1. The minimum absolute atomic E-state index is 0.00670. The molecule has 3 aromatic carbocycles. The molecule has 408 valence electrons. The molecule has 8 heterocycles. The van der Waals surface area contributed by atoms with Gasteiger partial charge in [-0.1, -0.05) is 50.1 Å². The van der Waals surface area contributed by atoms with Crippen LogP contribution < -0.4 is 25.0 Å². The van der Waals surface area contributed by atoms with E-state index in [9.17, 15) is 15.0 Å². The fourth-order valence-corrected chi connectivity index (χ4v) is 12.9. The predicted octanol–water partition coefficient (Wildman–Crippen LogP) is 9.13. The molecule has 78 heavy (non-hydrogen) atoms. The van der Waals surface area contributed by atoms with Gasteiger partial charge < -0.3 is 39.7 Å².